The second-order valence-corrected chi connectivity index (χ2v) is 10.6. The lowest BCUT2D eigenvalue weighted by atomic mass is 9.99. The van der Waals surface area contributed by atoms with Gasteiger partial charge in [0.25, 0.3) is 11.1 Å². The number of fused-ring (bicyclic) bond motifs is 7. The molecule has 0 saturated heterocycles. The first-order valence-electron chi connectivity index (χ1n) is 14.2. The third-order valence-corrected chi connectivity index (χ3v) is 7.80. The largest absolute Gasteiger partial charge is 0.432 e. The minimum atomic E-state index is -0.249. The van der Waals surface area contributed by atoms with Crippen LogP contribution in [0.1, 0.15) is 10.4 Å². The molecule has 0 bridgehead atoms. The molecule has 0 aliphatic rings. The van der Waals surface area contributed by atoms with Crippen LogP contribution < -0.4 is 15.0 Å². The van der Waals surface area contributed by atoms with Crippen molar-refractivity contribution in [3.63, 3.8) is 0 Å². The number of hydrogen-bond donors (Lipinski definition) is 1. The fourth-order valence-corrected chi connectivity index (χ4v) is 5.69. The van der Waals surface area contributed by atoms with Gasteiger partial charge in [-0.15, -0.1) is 6.58 Å². The van der Waals surface area contributed by atoms with Crippen LogP contribution in [0.3, 0.4) is 0 Å². The Morgan fingerprint density at radius 2 is 1.34 bits per heavy atom. The van der Waals surface area contributed by atoms with E-state index in [4.69, 9.17) is 26.9 Å². The zero-order chi connectivity index (χ0) is 30.0. The summed E-state index contributed by atoms with van der Waals surface area (Å²) in [4.78, 5) is 25.0. The number of aromatic nitrogens is 2. The van der Waals surface area contributed by atoms with Gasteiger partial charge in [-0.25, -0.2) is 9.97 Å². The Labute approximate surface area is 259 Å². The Morgan fingerprint density at radius 1 is 0.750 bits per heavy atom. The van der Waals surface area contributed by atoms with Crippen LogP contribution in [-0.2, 0) is 0 Å². The van der Waals surface area contributed by atoms with E-state index in [2.05, 4.69) is 36.2 Å². The third-order valence-electron chi connectivity index (χ3n) is 7.50. The number of carbonyl (C=O) groups is 1. The maximum Gasteiger partial charge on any atom is 0.269 e. The van der Waals surface area contributed by atoms with Crippen LogP contribution >= 0.6 is 12.2 Å². The van der Waals surface area contributed by atoms with Gasteiger partial charge in [0, 0.05) is 34.3 Å². The molecule has 1 N–H and O–H groups in total. The number of benzene rings is 6. The van der Waals surface area contributed by atoms with Crippen molar-refractivity contribution >= 4 is 78.3 Å². The lowest BCUT2D eigenvalue weighted by Crippen LogP contribution is -2.33. The number of amides is 1. The summed E-state index contributed by atoms with van der Waals surface area (Å²) in [5.74, 6) is 0.283. The number of carbonyl (C=O) groups excluding carboxylic acids is 1. The summed E-state index contributed by atoms with van der Waals surface area (Å²) in [7, 11) is 0. The average molecular weight is 591 g/mol. The zero-order valence-corrected chi connectivity index (χ0v) is 24.4. The molecular formula is C37H26N4O2S. The van der Waals surface area contributed by atoms with Crippen LogP contribution in [0.15, 0.2) is 134 Å². The number of anilines is 2. The number of ether oxygens (including phenoxy) is 1. The topological polar surface area (TPSA) is 67.3 Å². The van der Waals surface area contributed by atoms with Crippen LogP contribution in [0, 0.1) is 0 Å². The molecule has 0 aliphatic carbocycles. The maximum absolute atomic E-state index is 13.2. The summed E-state index contributed by atoms with van der Waals surface area (Å²) in [6, 6.07) is 38.7. The molecule has 0 fully saturated rings. The van der Waals surface area contributed by atoms with E-state index >= 15 is 0 Å². The van der Waals surface area contributed by atoms with Crippen molar-refractivity contribution in [3.8, 4) is 5.75 Å². The van der Waals surface area contributed by atoms with Crippen LogP contribution in [0.2, 0.25) is 0 Å². The van der Waals surface area contributed by atoms with E-state index in [1.165, 1.54) is 0 Å². The van der Waals surface area contributed by atoms with Gasteiger partial charge in [0.2, 0.25) is 0 Å². The minimum absolute atomic E-state index is 0.249. The van der Waals surface area contributed by atoms with Crippen molar-refractivity contribution in [3.05, 3.63) is 140 Å². The third kappa shape index (κ3) is 5.10. The summed E-state index contributed by atoms with van der Waals surface area (Å²) >= 11 is 5.56. The molecule has 6 aromatic carbocycles. The van der Waals surface area contributed by atoms with Gasteiger partial charge in [0.15, 0.2) is 0 Å². The molecule has 1 aromatic heterocycles. The molecule has 0 saturated carbocycles. The minimum Gasteiger partial charge on any atom is -0.432 e. The van der Waals surface area contributed by atoms with Crippen LogP contribution in [0.5, 0.6) is 5.75 Å². The van der Waals surface area contributed by atoms with E-state index in [1.807, 2.05) is 77.7 Å². The first kappa shape index (κ1) is 27.2. The first-order valence-corrected chi connectivity index (χ1v) is 14.6. The summed E-state index contributed by atoms with van der Waals surface area (Å²) in [6.07, 6.45) is 1.76. The number of hydrogen-bond acceptors (Lipinski definition) is 5. The standard InChI is InChI=1S/C37H26N4O2S/c1-2-22-41(26-10-4-3-5-11-26)37(44)43-27-19-16-24(17-20-27)36(42)38-25-18-21-32-33(23-25)40-35-31-15-9-7-13-29(31)28-12-6-8-14-30(28)34(35)39-32/h2-21,23H,1,22H2,(H,38,42). The van der Waals surface area contributed by atoms with Crippen LogP contribution in [0.4, 0.5) is 11.4 Å². The molecule has 7 aromatic rings. The molecular weight excluding hydrogens is 565 g/mol. The second kappa shape index (κ2) is 11.6. The highest BCUT2D eigenvalue weighted by Gasteiger charge is 2.15. The summed E-state index contributed by atoms with van der Waals surface area (Å²) < 4.78 is 5.94. The van der Waals surface area contributed by atoms with Crippen molar-refractivity contribution in [2.75, 3.05) is 16.8 Å². The van der Waals surface area contributed by atoms with Gasteiger partial charge < -0.3 is 10.1 Å². The Hall–Kier alpha value is -5.66. The molecule has 0 spiro atoms. The predicted octanol–water partition coefficient (Wildman–Crippen LogP) is 8.70. The quantitative estimate of drug-likeness (QED) is 0.0905. The number of thiocarbonyl (C=S) groups is 1. The summed E-state index contributed by atoms with van der Waals surface area (Å²) in [5.41, 5.74) is 5.18. The van der Waals surface area contributed by atoms with Gasteiger partial charge in [-0.1, -0.05) is 72.8 Å². The molecule has 0 radical (unpaired) electrons. The molecule has 0 aliphatic heterocycles. The fraction of sp³-hybridized carbons (Fsp3) is 0.0270. The van der Waals surface area contributed by atoms with Gasteiger partial charge >= 0.3 is 0 Å². The Bertz CT molecular complexity index is 2220. The zero-order valence-electron chi connectivity index (χ0n) is 23.6. The number of para-hydroxylation sites is 1. The molecule has 44 heavy (non-hydrogen) atoms. The highest BCUT2D eigenvalue weighted by Crippen LogP contribution is 2.34. The van der Waals surface area contributed by atoms with E-state index in [-0.39, 0.29) is 5.91 Å². The molecule has 1 heterocycles. The van der Waals surface area contributed by atoms with E-state index in [0.717, 1.165) is 43.8 Å². The summed E-state index contributed by atoms with van der Waals surface area (Å²) in [6.45, 7) is 4.33. The van der Waals surface area contributed by atoms with Gasteiger partial charge in [-0.3, -0.25) is 9.69 Å². The van der Waals surface area contributed by atoms with Gasteiger partial charge in [0.1, 0.15) is 5.75 Å². The molecule has 7 rings (SSSR count). The second-order valence-electron chi connectivity index (χ2n) is 10.3. The SMILES string of the molecule is C=CCN(C(=S)Oc1ccc(C(=O)Nc2ccc3nc4c5ccccc5c5ccccc5c4nc3c2)cc1)c1ccccc1. The van der Waals surface area contributed by atoms with Crippen LogP contribution in [0.25, 0.3) is 43.6 Å². The highest BCUT2D eigenvalue weighted by molar-refractivity contribution is 7.80. The molecule has 212 valence electrons. The van der Waals surface area contributed by atoms with Crippen molar-refractivity contribution in [1.82, 2.24) is 9.97 Å². The first-order chi connectivity index (χ1) is 21.6. The average Bonchev–Trinajstić information content (AvgIpc) is 3.07. The lowest BCUT2D eigenvalue weighted by Gasteiger charge is -2.23. The molecule has 0 unspecified atom stereocenters. The van der Waals surface area contributed by atoms with Gasteiger partial charge in [-0.05, 0) is 77.6 Å². The van der Waals surface area contributed by atoms with Crippen molar-refractivity contribution in [1.29, 1.82) is 0 Å². The Morgan fingerprint density at radius 3 is 1.98 bits per heavy atom. The monoisotopic (exact) mass is 590 g/mol. The maximum atomic E-state index is 13.2. The van der Waals surface area contributed by atoms with E-state index in [0.29, 0.717) is 34.2 Å². The van der Waals surface area contributed by atoms with Crippen molar-refractivity contribution in [2.24, 2.45) is 0 Å². The normalized spacial score (nSPS) is 11.1. The van der Waals surface area contributed by atoms with Crippen molar-refractivity contribution in [2.45, 2.75) is 0 Å². The van der Waals surface area contributed by atoms with Gasteiger partial charge in [-0.2, -0.15) is 0 Å². The smallest absolute Gasteiger partial charge is 0.269 e. The van der Waals surface area contributed by atoms with E-state index < -0.39 is 0 Å². The Balaban J connectivity index is 1.13. The van der Waals surface area contributed by atoms with Gasteiger partial charge in [0.05, 0.1) is 22.1 Å². The van der Waals surface area contributed by atoms with E-state index in [1.54, 1.807) is 30.3 Å². The predicted molar refractivity (Wildman–Crippen MR) is 184 cm³/mol. The van der Waals surface area contributed by atoms with E-state index in [9.17, 15) is 4.79 Å². The molecule has 7 heteroatoms. The number of nitrogens with one attached hydrogen (secondary N) is 1. The molecule has 0 atom stereocenters. The highest BCUT2D eigenvalue weighted by atomic mass is 32.1. The fourth-order valence-electron chi connectivity index (χ4n) is 5.41. The number of rotatable bonds is 6. The lowest BCUT2D eigenvalue weighted by molar-refractivity contribution is 0.102. The summed E-state index contributed by atoms with van der Waals surface area (Å²) in [5, 5.41) is 7.67. The van der Waals surface area contributed by atoms with Crippen molar-refractivity contribution < 1.29 is 9.53 Å². The molecule has 1 amide bonds. The Kier molecular flexibility index (Phi) is 7.14. The molecule has 6 nitrogen and oxygen atoms in total. The van der Waals surface area contributed by atoms with Crippen LogP contribution in [-0.4, -0.2) is 27.6 Å². The number of nitrogens with zero attached hydrogens (tertiary/aromatic N) is 3.